The molecule has 0 unspecified atom stereocenters. The van der Waals surface area contributed by atoms with Crippen LogP contribution in [-0.4, -0.2) is 358 Å². The molecule has 0 aliphatic carbocycles. The Morgan fingerprint density at radius 2 is 0.746 bits per heavy atom. The van der Waals surface area contributed by atoms with E-state index in [-0.39, 0.29) is 0 Å². The summed E-state index contributed by atoms with van der Waals surface area (Å²) in [6.45, 7) is 26.6. The second-order valence-electron chi connectivity index (χ2n) is 31.9. The highest BCUT2D eigenvalue weighted by Crippen LogP contribution is 2.42. The fraction of sp³-hybridized carbons (Fsp3) is 0.810. The number of allylic oxidation sites excluding steroid dienone is 1. The molecule has 0 fully saturated rings. The van der Waals surface area contributed by atoms with Crippen LogP contribution in [0.25, 0.3) is 33.9 Å². The van der Waals surface area contributed by atoms with Gasteiger partial charge in [0.2, 0.25) is 11.8 Å². The van der Waals surface area contributed by atoms with Gasteiger partial charge in [-0.3, -0.25) is 4.57 Å². The summed E-state index contributed by atoms with van der Waals surface area (Å²) in [6.07, 6.45) is 17.2. The molecule has 650 valence electrons. The third kappa shape index (κ3) is 22.1. The summed E-state index contributed by atoms with van der Waals surface area (Å²) >= 11 is 0. The van der Waals surface area contributed by atoms with Crippen molar-refractivity contribution in [3.05, 3.63) is 40.3 Å². The number of fused-ring (bicyclic) bond motifs is 5. The summed E-state index contributed by atoms with van der Waals surface area (Å²) in [5.74, 6) is 7.05. The van der Waals surface area contributed by atoms with E-state index in [9.17, 15) is 0 Å². The lowest BCUT2D eigenvalue weighted by Crippen LogP contribution is -2.54. The summed E-state index contributed by atoms with van der Waals surface area (Å²) in [5.41, 5.74) is 12.0. The van der Waals surface area contributed by atoms with Crippen LogP contribution < -0.4 is 14.5 Å². The van der Waals surface area contributed by atoms with E-state index in [0.29, 0.717) is 99.0 Å². The number of rotatable bonds is 48. The first-order chi connectivity index (χ1) is 55.7. The van der Waals surface area contributed by atoms with Crippen molar-refractivity contribution in [3.8, 4) is 5.88 Å². The number of aromatic nitrogens is 8. The van der Waals surface area contributed by atoms with Gasteiger partial charge in [-0.2, -0.15) is 0 Å². The van der Waals surface area contributed by atoms with Crippen molar-refractivity contribution in [2.24, 2.45) is 28.2 Å². The van der Waals surface area contributed by atoms with Gasteiger partial charge >= 0.3 is 0 Å². The molecule has 10 rings (SSSR count). The number of hydrogen-bond donors (Lipinski definition) is 0. The Hall–Kier alpha value is -6.48. The Morgan fingerprint density at radius 3 is 1.38 bits per heavy atom. The van der Waals surface area contributed by atoms with E-state index in [1.165, 1.54) is 51.7 Å². The number of hydrogen-bond acceptors (Lipinski definition) is 22. The maximum Gasteiger partial charge on any atom is 0.214 e. The minimum Gasteiger partial charge on any atom is -0.481 e. The summed E-state index contributed by atoms with van der Waals surface area (Å²) in [4.78, 5) is 26.0. The molecule has 6 aliphatic rings. The van der Waals surface area contributed by atoms with Crippen LogP contribution >= 0.6 is 0 Å². The Balaban J connectivity index is 1.19. The average Bonchev–Trinajstić information content (AvgIpc) is 0.690. The van der Waals surface area contributed by atoms with Gasteiger partial charge in [0.25, 0.3) is 0 Å². The molecule has 0 amide bonds. The van der Waals surface area contributed by atoms with Gasteiger partial charge in [-0.1, -0.05) is 12.8 Å². The van der Waals surface area contributed by atoms with Crippen molar-refractivity contribution in [1.29, 1.82) is 0 Å². The molecule has 30 nitrogen and oxygen atoms in total. The van der Waals surface area contributed by atoms with Crippen molar-refractivity contribution in [1.82, 2.24) is 75.7 Å². The van der Waals surface area contributed by atoms with Crippen molar-refractivity contribution in [2.45, 2.75) is 142 Å². The molecular weight excluding hydrogens is 1450 g/mol. The Kier molecular flexibility index (Phi) is 36.7. The Labute approximate surface area is 683 Å². The lowest BCUT2D eigenvalue weighted by atomic mass is 10.1. The van der Waals surface area contributed by atoms with Gasteiger partial charge in [-0.05, 0) is 103 Å². The minimum absolute atomic E-state index is 0.509. The van der Waals surface area contributed by atoms with Gasteiger partial charge in [0.1, 0.15) is 11.6 Å². The Morgan fingerprint density at radius 1 is 0.281 bits per heavy atom. The molecule has 0 saturated heterocycles. The van der Waals surface area contributed by atoms with E-state index >= 15 is 0 Å². The zero-order valence-electron chi connectivity index (χ0n) is 73.7. The highest BCUT2D eigenvalue weighted by molar-refractivity contribution is 5.90. The third-order valence-electron chi connectivity index (χ3n) is 24.1. The molecule has 4 aromatic rings. The highest BCUT2D eigenvalue weighted by atomic mass is 16.5. The minimum atomic E-state index is 0.509. The molecule has 30 heteroatoms. The van der Waals surface area contributed by atoms with Gasteiger partial charge < -0.3 is 138 Å². The topological polar surface area (TPSA) is 183 Å². The van der Waals surface area contributed by atoms with Crippen LogP contribution in [0.4, 0.5) is 11.6 Å². The maximum absolute atomic E-state index is 6.93. The molecule has 10 heterocycles. The molecule has 0 N–H and O–H groups in total. The monoisotopic (exact) mass is 1610 g/mol. The first kappa shape index (κ1) is 89.9. The number of aryl methyl sites for hydroxylation is 7. The zero-order valence-corrected chi connectivity index (χ0v) is 73.7. The van der Waals surface area contributed by atoms with Crippen LogP contribution in [-0.2, 0) is 113 Å². The van der Waals surface area contributed by atoms with Crippen molar-refractivity contribution < 1.29 is 56.8 Å². The second-order valence-corrected chi connectivity index (χ2v) is 31.9. The van der Waals surface area contributed by atoms with Gasteiger partial charge in [0.05, 0.1) is 83.1 Å². The molecule has 0 spiro atoms. The second kappa shape index (κ2) is 46.6. The molecule has 0 bridgehead atoms. The van der Waals surface area contributed by atoms with Crippen molar-refractivity contribution >= 4 is 45.5 Å². The standard InChI is InChI=1S/C84H152N18O12/c1-85-42-46-95(78-73(85)86(2)43-47-96(78)36-23-25-57-113-65-63-107-13)35-21-17-20-34-70-84(110-16)92(8)77-80(99(70)39-24-26-58-114-66-64-108-14)101(41-31-60-111-61-32-56-106-12)82-76(91(77)7)90(6)75-81(102(82)52-62-112-59-28-27-53-103-9)100-40-22-18-19-33-69-83(109-15)88(4)45-48-97(69)67-71-72(68-98-49-44-87(3)74(79(98)100)89(75)5)94(38-30-55-105-11)51-50-93(71)37-29-54-104-10/h17-68H2,1-16H3. The smallest absolute Gasteiger partial charge is 0.214 e. The Bertz CT molecular complexity index is 3770. The van der Waals surface area contributed by atoms with Crippen molar-refractivity contribution in [2.75, 3.05) is 292 Å². The number of nitrogens with zero attached hydrogens (tertiary/aromatic N) is 18. The van der Waals surface area contributed by atoms with E-state index in [0.717, 1.165) is 280 Å². The highest BCUT2D eigenvalue weighted by Gasteiger charge is 2.38. The van der Waals surface area contributed by atoms with Crippen LogP contribution in [0, 0.1) is 0 Å². The fourth-order valence-electron chi connectivity index (χ4n) is 18.3. The molecule has 4 aromatic heterocycles. The first-order valence-corrected chi connectivity index (χ1v) is 43.3. The van der Waals surface area contributed by atoms with Crippen LogP contribution in [0.1, 0.15) is 115 Å². The first-order valence-electron chi connectivity index (χ1n) is 43.3. The number of ether oxygens (including phenoxy) is 12. The molecule has 0 aromatic carbocycles. The maximum atomic E-state index is 6.93. The summed E-state index contributed by atoms with van der Waals surface area (Å²) in [7, 11) is 32.7. The quantitative estimate of drug-likeness (QED) is 0.0302. The van der Waals surface area contributed by atoms with Gasteiger partial charge in [0.15, 0.2) is 45.5 Å². The van der Waals surface area contributed by atoms with E-state index < -0.39 is 0 Å². The van der Waals surface area contributed by atoms with E-state index in [4.69, 9.17) is 56.8 Å². The number of methoxy groups -OCH3 is 8. The largest absolute Gasteiger partial charge is 0.481 e. The number of likely N-dealkylation sites (N-methyl/N-ethyl adjacent to an activating group) is 4. The van der Waals surface area contributed by atoms with E-state index in [2.05, 4.69) is 142 Å². The van der Waals surface area contributed by atoms with Crippen LogP contribution in [0.5, 0.6) is 5.88 Å². The predicted molar refractivity (Wildman–Crippen MR) is 455 cm³/mol. The normalized spacial score (nSPS) is 16.8. The SMILES string of the molecule is COCCCCOCCn1c2c(n(C)c3c4n2CCCCCC2=C(OC)N(C)CCN2CC2=C(CN4CCN3C)N(CCCOC)CCN2CCCOC)n(C)c2c1n(CCCOCCCOC)c1c(n(C)c(OC)c(CCCCCN3CCN(C)C4=C3N(CCCCOCCOC)CCN4C)n1CCCCOCCOC)n2C. The summed E-state index contributed by atoms with van der Waals surface area (Å²) < 4.78 is 93.1. The third-order valence-corrected chi connectivity index (χ3v) is 24.1. The zero-order chi connectivity index (χ0) is 80.9. The number of unbranched alkanes of at least 4 members (excludes halogenated alkanes) is 5. The van der Waals surface area contributed by atoms with Crippen molar-refractivity contribution in [3.63, 3.8) is 0 Å². The van der Waals surface area contributed by atoms with Gasteiger partial charge in [-0.15, -0.1) is 0 Å². The van der Waals surface area contributed by atoms with Crippen LogP contribution in [0.2, 0.25) is 0 Å². The van der Waals surface area contributed by atoms with Gasteiger partial charge in [0, 0.05) is 276 Å². The molecular formula is C84H152N18O12. The van der Waals surface area contributed by atoms with Gasteiger partial charge in [-0.25, -0.2) is 0 Å². The number of anilines is 2. The molecule has 114 heavy (non-hydrogen) atoms. The molecule has 6 aliphatic heterocycles. The molecule has 0 radical (unpaired) electrons. The molecule has 0 saturated carbocycles. The average molecular weight is 1610 g/mol. The van der Waals surface area contributed by atoms with Crippen LogP contribution in [0.3, 0.4) is 0 Å². The lowest BCUT2D eigenvalue weighted by Gasteiger charge is -2.49. The predicted octanol–water partition coefficient (Wildman–Crippen LogP) is 8.87. The van der Waals surface area contributed by atoms with Crippen LogP contribution in [0.15, 0.2) is 34.6 Å². The summed E-state index contributed by atoms with van der Waals surface area (Å²) in [5, 5.41) is 0. The fourth-order valence-corrected chi connectivity index (χ4v) is 18.3. The molecule has 0 atom stereocenters. The van der Waals surface area contributed by atoms with E-state index in [1.54, 1.807) is 28.4 Å². The van der Waals surface area contributed by atoms with E-state index in [1.807, 2.05) is 28.4 Å². The lowest BCUT2D eigenvalue weighted by molar-refractivity contribution is 0.0633. The summed E-state index contributed by atoms with van der Waals surface area (Å²) in [6, 6.07) is 0.